The van der Waals surface area contributed by atoms with Gasteiger partial charge in [0.05, 0.1) is 21.4 Å². The molecule has 1 aromatic carbocycles. The van der Waals surface area contributed by atoms with Gasteiger partial charge in [0.25, 0.3) is 0 Å². The van der Waals surface area contributed by atoms with E-state index < -0.39 is 10.0 Å². The van der Waals surface area contributed by atoms with Gasteiger partial charge in [-0.25, -0.2) is 8.42 Å². The van der Waals surface area contributed by atoms with Gasteiger partial charge in [0.15, 0.2) is 0 Å². The molecule has 1 aliphatic rings. The van der Waals surface area contributed by atoms with Crippen LogP contribution in [0.5, 0.6) is 0 Å². The highest BCUT2D eigenvalue weighted by Crippen LogP contribution is 2.26. The highest BCUT2D eigenvalue weighted by Gasteiger charge is 2.33. The fourth-order valence-corrected chi connectivity index (χ4v) is 5.63. The summed E-state index contributed by atoms with van der Waals surface area (Å²) in [5.41, 5.74) is 2.33. The molecule has 0 atom stereocenters. The molecule has 1 aromatic heterocycles. The molecule has 1 saturated heterocycles. The second kappa shape index (κ2) is 8.09. The summed E-state index contributed by atoms with van der Waals surface area (Å²) in [6, 6.07) is 5.60. The predicted molar refractivity (Wildman–Crippen MR) is 108 cm³/mol. The summed E-state index contributed by atoms with van der Waals surface area (Å²) >= 11 is 12.0. The molecule has 9 heteroatoms. The van der Waals surface area contributed by atoms with Crippen molar-refractivity contribution < 1.29 is 8.42 Å². The summed E-state index contributed by atoms with van der Waals surface area (Å²) in [5.74, 6) is 0. The quantitative estimate of drug-likeness (QED) is 0.729. The molecule has 0 amide bonds. The molecule has 2 aromatic rings. The third kappa shape index (κ3) is 4.17. The van der Waals surface area contributed by atoms with Crippen molar-refractivity contribution >= 4 is 33.2 Å². The molecule has 0 N–H and O–H groups in total. The van der Waals surface area contributed by atoms with Crippen LogP contribution in [-0.4, -0.2) is 53.6 Å². The van der Waals surface area contributed by atoms with Crippen LogP contribution >= 0.6 is 23.2 Å². The molecular formula is C18H24Cl2N4O2S. The van der Waals surface area contributed by atoms with Gasteiger partial charge in [-0.3, -0.25) is 9.58 Å². The Balaban J connectivity index is 1.69. The van der Waals surface area contributed by atoms with Crippen molar-refractivity contribution in [1.29, 1.82) is 0 Å². The van der Waals surface area contributed by atoms with Crippen LogP contribution in [0.1, 0.15) is 23.9 Å². The minimum absolute atomic E-state index is 0.349. The first-order valence-electron chi connectivity index (χ1n) is 8.94. The first-order valence-corrected chi connectivity index (χ1v) is 11.1. The van der Waals surface area contributed by atoms with Gasteiger partial charge in [0.2, 0.25) is 10.0 Å². The van der Waals surface area contributed by atoms with Crippen LogP contribution in [0, 0.1) is 13.8 Å². The molecule has 1 aliphatic heterocycles. The number of hydrogen-bond acceptors (Lipinski definition) is 4. The molecule has 0 radical (unpaired) electrons. The van der Waals surface area contributed by atoms with E-state index in [0.29, 0.717) is 59.1 Å². The van der Waals surface area contributed by atoms with Crippen molar-refractivity contribution in [2.24, 2.45) is 0 Å². The van der Waals surface area contributed by atoms with Gasteiger partial charge >= 0.3 is 0 Å². The molecule has 1 fully saturated rings. The Morgan fingerprint density at radius 2 is 1.74 bits per heavy atom. The molecule has 0 unspecified atom stereocenters. The second-order valence-corrected chi connectivity index (χ2v) is 9.43. The van der Waals surface area contributed by atoms with Crippen molar-refractivity contribution in [2.45, 2.75) is 38.8 Å². The van der Waals surface area contributed by atoms with Gasteiger partial charge in [0.1, 0.15) is 4.90 Å². The largest absolute Gasteiger partial charge is 0.296 e. The fraction of sp³-hybridized carbons (Fsp3) is 0.500. The minimum Gasteiger partial charge on any atom is -0.296 e. The van der Waals surface area contributed by atoms with E-state index >= 15 is 0 Å². The molecule has 0 bridgehead atoms. The van der Waals surface area contributed by atoms with Gasteiger partial charge in [-0.05, 0) is 38.5 Å². The third-order valence-electron chi connectivity index (χ3n) is 4.93. The molecule has 0 aliphatic carbocycles. The molecule has 0 saturated carbocycles. The molecule has 2 heterocycles. The lowest BCUT2D eigenvalue weighted by molar-refractivity contribution is 0.181. The SMILES string of the molecule is CCn1nc(C)c(S(=O)(=O)N2CCN(Cc3ccc(Cl)c(Cl)c3)CC2)c1C. The number of aromatic nitrogens is 2. The molecule has 3 rings (SSSR count). The lowest BCUT2D eigenvalue weighted by Crippen LogP contribution is -2.48. The van der Waals surface area contributed by atoms with Gasteiger partial charge in [-0.15, -0.1) is 0 Å². The minimum atomic E-state index is -3.54. The third-order valence-corrected chi connectivity index (χ3v) is 7.82. The number of halogens is 2. The fourth-order valence-electron chi connectivity index (χ4n) is 3.51. The van der Waals surface area contributed by atoms with Gasteiger partial charge < -0.3 is 0 Å². The average molecular weight is 431 g/mol. The first-order chi connectivity index (χ1) is 12.7. The smallest absolute Gasteiger partial charge is 0.246 e. The topological polar surface area (TPSA) is 58.4 Å². The number of hydrogen-bond donors (Lipinski definition) is 0. The molecule has 0 spiro atoms. The number of aryl methyl sites for hydroxylation is 2. The summed E-state index contributed by atoms with van der Waals surface area (Å²) in [5, 5.41) is 5.43. The Labute approximate surface area is 170 Å². The zero-order valence-electron chi connectivity index (χ0n) is 15.7. The van der Waals surface area contributed by atoms with E-state index in [1.165, 1.54) is 0 Å². The van der Waals surface area contributed by atoms with Gasteiger partial charge in [-0.1, -0.05) is 29.3 Å². The molecule has 27 heavy (non-hydrogen) atoms. The molecule has 6 nitrogen and oxygen atoms in total. The van der Waals surface area contributed by atoms with E-state index in [0.717, 1.165) is 12.1 Å². The Hall–Kier alpha value is -1.12. The number of sulfonamides is 1. The average Bonchev–Trinajstić information content (AvgIpc) is 2.93. The zero-order valence-corrected chi connectivity index (χ0v) is 18.1. The second-order valence-electron chi connectivity index (χ2n) is 6.74. The number of rotatable bonds is 5. The maximum Gasteiger partial charge on any atom is 0.246 e. The van der Waals surface area contributed by atoms with E-state index in [-0.39, 0.29) is 0 Å². The zero-order chi connectivity index (χ0) is 19.8. The van der Waals surface area contributed by atoms with E-state index in [1.54, 1.807) is 22.0 Å². The highest BCUT2D eigenvalue weighted by molar-refractivity contribution is 7.89. The Kier molecular flexibility index (Phi) is 6.17. The summed E-state index contributed by atoms with van der Waals surface area (Å²) in [7, 11) is -3.54. The lowest BCUT2D eigenvalue weighted by Gasteiger charge is -2.34. The van der Waals surface area contributed by atoms with E-state index in [2.05, 4.69) is 10.00 Å². The first kappa shape index (κ1) is 20.6. The maximum atomic E-state index is 13.1. The number of piperazine rings is 1. The van der Waals surface area contributed by atoms with E-state index in [1.807, 2.05) is 26.0 Å². The predicted octanol–water partition coefficient (Wildman–Crippen LogP) is 3.33. The van der Waals surface area contributed by atoms with Crippen LogP contribution in [0.4, 0.5) is 0 Å². The van der Waals surface area contributed by atoms with Crippen molar-refractivity contribution in [3.05, 3.63) is 45.2 Å². The molecular weight excluding hydrogens is 407 g/mol. The summed E-state index contributed by atoms with van der Waals surface area (Å²) < 4.78 is 29.6. The van der Waals surface area contributed by atoms with Crippen molar-refractivity contribution in [3.63, 3.8) is 0 Å². The lowest BCUT2D eigenvalue weighted by atomic mass is 10.2. The normalized spacial score (nSPS) is 16.8. The van der Waals surface area contributed by atoms with Gasteiger partial charge in [0, 0.05) is 39.3 Å². The van der Waals surface area contributed by atoms with Crippen LogP contribution in [0.25, 0.3) is 0 Å². The van der Waals surface area contributed by atoms with Crippen LogP contribution in [0.15, 0.2) is 23.1 Å². The van der Waals surface area contributed by atoms with Gasteiger partial charge in [-0.2, -0.15) is 9.40 Å². The standard InChI is InChI=1S/C18H24Cl2N4O2S/c1-4-24-14(3)18(13(2)21-24)27(25,26)23-9-7-22(8-10-23)12-15-5-6-16(19)17(20)11-15/h5-6,11H,4,7-10,12H2,1-3H3. The number of nitrogens with zero attached hydrogens (tertiary/aromatic N) is 4. The highest BCUT2D eigenvalue weighted by atomic mass is 35.5. The van der Waals surface area contributed by atoms with Crippen molar-refractivity contribution in [3.8, 4) is 0 Å². The van der Waals surface area contributed by atoms with Crippen molar-refractivity contribution in [2.75, 3.05) is 26.2 Å². The Bertz CT molecular complexity index is 935. The summed E-state index contributed by atoms with van der Waals surface area (Å²) in [6.45, 7) is 9.15. The van der Waals surface area contributed by atoms with E-state index in [4.69, 9.17) is 23.2 Å². The van der Waals surface area contributed by atoms with Crippen LogP contribution in [0.3, 0.4) is 0 Å². The van der Waals surface area contributed by atoms with Crippen molar-refractivity contribution in [1.82, 2.24) is 19.0 Å². The number of benzene rings is 1. The van der Waals surface area contributed by atoms with Crippen LogP contribution < -0.4 is 0 Å². The Morgan fingerprint density at radius 1 is 1.07 bits per heavy atom. The molecule has 148 valence electrons. The van der Waals surface area contributed by atoms with Crippen LogP contribution in [0.2, 0.25) is 10.0 Å². The Morgan fingerprint density at radius 3 is 2.30 bits per heavy atom. The summed E-state index contributed by atoms with van der Waals surface area (Å²) in [4.78, 5) is 2.57. The summed E-state index contributed by atoms with van der Waals surface area (Å²) in [6.07, 6.45) is 0. The maximum absolute atomic E-state index is 13.1. The van der Waals surface area contributed by atoms with Crippen LogP contribution in [-0.2, 0) is 23.1 Å². The monoisotopic (exact) mass is 430 g/mol. The van der Waals surface area contributed by atoms with E-state index in [9.17, 15) is 8.42 Å².